The van der Waals surface area contributed by atoms with Crippen LogP contribution in [-0.4, -0.2) is 54.8 Å². The monoisotopic (exact) mass is 314 g/mol. The first-order valence-electron chi connectivity index (χ1n) is 7.64. The van der Waals surface area contributed by atoms with E-state index in [0.29, 0.717) is 24.3 Å². The fraction of sp³-hybridized carbons (Fsp3) is 0.471. The van der Waals surface area contributed by atoms with Crippen LogP contribution in [0.2, 0.25) is 0 Å². The van der Waals surface area contributed by atoms with Crippen molar-refractivity contribution in [2.45, 2.75) is 13.8 Å². The lowest BCUT2D eigenvalue weighted by atomic mass is 9.89. The molecular formula is C17H22N4O2. The minimum Gasteiger partial charge on any atom is -0.339 e. The standard InChI is InChI=1S/C17H22N4O2/c1-17(2,16(23)21-10-8-20(3)9-11-21)15(22)19-14-6-4-13(12-18)5-7-14/h4-7H,8-11H2,1-3H3,(H,19,22). The second-order valence-corrected chi connectivity index (χ2v) is 6.36. The van der Waals surface area contributed by atoms with E-state index in [-0.39, 0.29) is 11.8 Å². The first-order chi connectivity index (χ1) is 10.8. The molecule has 0 saturated carbocycles. The van der Waals surface area contributed by atoms with E-state index in [0.717, 1.165) is 13.1 Å². The number of rotatable bonds is 3. The van der Waals surface area contributed by atoms with Gasteiger partial charge in [0.1, 0.15) is 5.41 Å². The lowest BCUT2D eigenvalue weighted by molar-refractivity contribution is -0.147. The van der Waals surface area contributed by atoms with Gasteiger partial charge in [0.25, 0.3) is 0 Å². The third-order valence-corrected chi connectivity index (χ3v) is 4.16. The van der Waals surface area contributed by atoms with Gasteiger partial charge in [-0.25, -0.2) is 0 Å². The number of piperazine rings is 1. The number of amides is 2. The average molecular weight is 314 g/mol. The van der Waals surface area contributed by atoms with Crippen LogP contribution in [0.3, 0.4) is 0 Å². The van der Waals surface area contributed by atoms with Crippen molar-refractivity contribution in [3.8, 4) is 6.07 Å². The molecule has 1 aromatic rings. The number of carbonyl (C=O) groups is 2. The first-order valence-corrected chi connectivity index (χ1v) is 7.64. The van der Waals surface area contributed by atoms with Crippen LogP contribution in [-0.2, 0) is 9.59 Å². The minimum atomic E-state index is -1.14. The van der Waals surface area contributed by atoms with Gasteiger partial charge in [0.05, 0.1) is 11.6 Å². The van der Waals surface area contributed by atoms with E-state index in [1.807, 2.05) is 13.1 Å². The summed E-state index contributed by atoms with van der Waals surface area (Å²) in [6.45, 7) is 6.21. The largest absolute Gasteiger partial charge is 0.339 e. The molecule has 6 heteroatoms. The Morgan fingerprint density at radius 3 is 2.22 bits per heavy atom. The van der Waals surface area contributed by atoms with Crippen molar-refractivity contribution in [1.29, 1.82) is 5.26 Å². The van der Waals surface area contributed by atoms with Crippen LogP contribution >= 0.6 is 0 Å². The number of hydrogen-bond donors (Lipinski definition) is 1. The SMILES string of the molecule is CN1CCN(C(=O)C(C)(C)C(=O)Nc2ccc(C#N)cc2)CC1. The Bertz CT molecular complexity index is 623. The summed E-state index contributed by atoms with van der Waals surface area (Å²) in [7, 11) is 2.02. The molecule has 1 saturated heterocycles. The van der Waals surface area contributed by atoms with Gasteiger partial charge in [0.2, 0.25) is 11.8 Å². The fourth-order valence-electron chi connectivity index (χ4n) is 2.42. The Balaban J connectivity index is 2.03. The number of carbonyl (C=O) groups excluding carboxylic acids is 2. The number of anilines is 1. The van der Waals surface area contributed by atoms with E-state index in [4.69, 9.17) is 5.26 Å². The van der Waals surface area contributed by atoms with Crippen LogP contribution in [0.5, 0.6) is 0 Å². The molecule has 0 aromatic heterocycles. The molecular weight excluding hydrogens is 292 g/mol. The van der Waals surface area contributed by atoms with Gasteiger partial charge >= 0.3 is 0 Å². The van der Waals surface area contributed by atoms with Crippen molar-refractivity contribution in [1.82, 2.24) is 9.80 Å². The van der Waals surface area contributed by atoms with E-state index >= 15 is 0 Å². The zero-order chi connectivity index (χ0) is 17.0. The molecule has 23 heavy (non-hydrogen) atoms. The first kappa shape index (κ1) is 17.0. The highest BCUT2D eigenvalue weighted by atomic mass is 16.2. The zero-order valence-corrected chi connectivity index (χ0v) is 13.8. The lowest BCUT2D eigenvalue weighted by Crippen LogP contribution is -2.53. The van der Waals surface area contributed by atoms with Crippen molar-refractivity contribution in [2.75, 3.05) is 38.5 Å². The number of nitrogens with zero attached hydrogens (tertiary/aromatic N) is 3. The minimum absolute atomic E-state index is 0.156. The fourth-order valence-corrected chi connectivity index (χ4v) is 2.42. The Kier molecular flexibility index (Phi) is 5.02. The highest BCUT2D eigenvalue weighted by molar-refractivity contribution is 6.09. The lowest BCUT2D eigenvalue weighted by Gasteiger charge is -2.36. The van der Waals surface area contributed by atoms with Crippen molar-refractivity contribution < 1.29 is 9.59 Å². The van der Waals surface area contributed by atoms with Gasteiger partial charge in [-0.15, -0.1) is 0 Å². The average Bonchev–Trinajstić information content (AvgIpc) is 2.55. The Hall–Kier alpha value is -2.39. The van der Waals surface area contributed by atoms with Gasteiger partial charge in [-0.2, -0.15) is 5.26 Å². The molecule has 1 fully saturated rings. The molecule has 0 unspecified atom stereocenters. The number of likely N-dealkylation sites (N-methyl/N-ethyl adjacent to an activating group) is 1. The summed E-state index contributed by atoms with van der Waals surface area (Å²) in [5, 5.41) is 11.5. The van der Waals surface area contributed by atoms with Crippen molar-refractivity contribution in [3.63, 3.8) is 0 Å². The summed E-state index contributed by atoms with van der Waals surface area (Å²) >= 11 is 0. The van der Waals surface area contributed by atoms with Gasteiger partial charge < -0.3 is 15.1 Å². The van der Waals surface area contributed by atoms with Gasteiger partial charge in [-0.3, -0.25) is 9.59 Å². The Labute approximate surface area is 136 Å². The molecule has 122 valence electrons. The van der Waals surface area contributed by atoms with Crippen LogP contribution in [0.1, 0.15) is 19.4 Å². The second kappa shape index (κ2) is 6.80. The maximum absolute atomic E-state index is 12.7. The molecule has 0 bridgehead atoms. The highest BCUT2D eigenvalue weighted by Gasteiger charge is 2.39. The van der Waals surface area contributed by atoms with Crippen LogP contribution in [0.25, 0.3) is 0 Å². The van der Waals surface area contributed by atoms with Crippen LogP contribution < -0.4 is 5.32 Å². The normalized spacial score (nSPS) is 15.8. The van der Waals surface area contributed by atoms with Crippen molar-refractivity contribution >= 4 is 17.5 Å². The predicted molar refractivity (Wildman–Crippen MR) is 87.6 cm³/mol. The topological polar surface area (TPSA) is 76.4 Å². The molecule has 0 aliphatic carbocycles. The maximum atomic E-state index is 12.7. The van der Waals surface area contributed by atoms with Crippen LogP contribution in [0.15, 0.2) is 24.3 Å². The third-order valence-electron chi connectivity index (χ3n) is 4.16. The summed E-state index contributed by atoms with van der Waals surface area (Å²) in [6, 6.07) is 8.60. The summed E-state index contributed by atoms with van der Waals surface area (Å²) < 4.78 is 0. The molecule has 0 atom stereocenters. The molecule has 2 amide bonds. The second-order valence-electron chi connectivity index (χ2n) is 6.36. The third kappa shape index (κ3) is 3.88. The Morgan fingerprint density at radius 2 is 1.70 bits per heavy atom. The summed E-state index contributed by atoms with van der Waals surface area (Å²) in [4.78, 5) is 29.1. The van der Waals surface area contributed by atoms with E-state index in [2.05, 4.69) is 10.2 Å². The van der Waals surface area contributed by atoms with Gasteiger partial charge in [0.15, 0.2) is 0 Å². The number of hydrogen-bond acceptors (Lipinski definition) is 4. The molecule has 0 radical (unpaired) electrons. The number of nitriles is 1. The smallest absolute Gasteiger partial charge is 0.239 e. The van der Waals surface area contributed by atoms with Gasteiger partial charge in [0, 0.05) is 31.9 Å². The number of nitrogens with one attached hydrogen (secondary N) is 1. The molecule has 1 heterocycles. The van der Waals surface area contributed by atoms with E-state index in [1.165, 1.54) is 0 Å². The zero-order valence-electron chi connectivity index (χ0n) is 13.8. The molecule has 6 nitrogen and oxygen atoms in total. The van der Waals surface area contributed by atoms with Gasteiger partial charge in [-0.1, -0.05) is 0 Å². The predicted octanol–water partition coefficient (Wildman–Crippen LogP) is 1.30. The van der Waals surface area contributed by atoms with E-state index in [9.17, 15) is 9.59 Å². The van der Waals surface area contributed by atoms with Crippen LogP contribution in [0, 0.1) is 16.7 Å². The number of benzene rings is 1. The van der Waals surface area contributed by atoms with E-state index < -0.39 is 5.41 Å². The molecule has 1 N–H and O–H groups in total. The molecule has 1 aliphatic heterocycles. The van der Waals surface area contributed by atoms with Gasteiger partial charge in [-0.05, 0) is 45.2 Å². The summed E-state index contributed by atoms with van der Waals surface area (Å²) in [5.41, 5.74) is -0.0342. The molecule has 1 aromatic carbocycles. The van der Waals surface area contributed by atoms with Crippen molar-refractivity contribution in [3.05, 3.63) is 29.8 Å². The maximum Gasteiger partial charge on any atom is 0.239 e. The molecule has 2 rings (SSSR count). The Morgan fingerprint density at radius 1 is 1.13 bits per heavy atom. The van der Waals surface area contributed by atoms with E-state index in [1.54, 1.807) is 43.0 Å². The molecule has 1 aliphatic rings. The summed E-state index contributed by atoms with van der Waals surface area (Å²) in [5.74, 6) is -0.497. The quantitative estimate of drug-likeness (QED) is 0.853. The van der Waals surface area contributed by atoms with Crippen molar-refractivity contribution in [2.24, 2.45) is 5.41 Å². The summed E-state index contributed by atoms with van der Waals surface area (Å²) in [6.07, 6.45) is 0. The van der Waals surface area contributed by atoms with Crippen LogP contribution in [0.4, 0.5) is 5.69 Å². The molecule has 0 spiro atoms. The highest BCUT2D eigenvalue weighted by Crippen LogP contribution is 2.23.